The summed E-state index contributed by atoms with van der Waals surface area (Å²) in [7, 11) is 0. The van der Waals surface area contributed by atoms with Crippen molar-refractivity contribution in [3.63, 3.8) is 0 Å². The Kier molecular flexibility index (Phi) is 5.32. The molecule has 2 aromatic heterocycles. The highest BCUT2D eigenvalue weighted by Crippen LogP contribution is 2.44. The van der Waals surface area contributed by atoms with Crippen molar-refractivity contribution in [1.82, 2.24) is 30.3 Å². The number of nitrogens with zero attached hydrogens (tertiary/aromatic N) is 4. The minimum absolute atomic E-state index is 0.00944. The molecule has 3 aromatic rings. The van der Waals surface area contributed by atoms with Gasteiger partial charge in [0.1, 0.15) is 0 Å². The summed E-state index contributed by atoms with van der Waals surface area (Å²) in [6.45, 7) is 5.98. The first-order valence-corrected chi connectivity index (χ1v) is 12.2. The lowest BCUT2D eigenvalue weighted by Crippen LogP contribution is -2.49. The lowest BCUT2D eigenvalue weighted by molar-refractivity contribution is 0.000736. The number of nitrogens with one attached hydrogen (secondary N) is 3. The number of likely N-dealkylation sites (tertiary alicyclic amines) is 1. The van der Waals surface area contributed by atoms with Gasteiger partial charge in [0.05, 0.1) is 36.2 Å². The molecule has 3 aliphatic rings. The van der Waals surface area contributed by atoms with Crippen molar-refractivity contribution in [3.8, 4) is 11.3 Å². The van der Waals surface area contributed by atoms with Crippen LogP contribution in [0, 0.1) is 0 Å². The molecule has 1 spiro atoms. The molecule has 0 bridgehead atoms. The van der Waals surface area contributed by atoms with Crippen LogP contribution in [0.5, 0.6) is 0 Å². The van der Waals surface area contributed by atoms with Crippen LogP contribution < -0.4 is 16.0 Å². The average molecular weight is 476 g/mol. The van der Waals surface area contributed by atoms with E-state index in [1.807, 2.05) is 42.3 Å². The van der Waals surface area contributed by atoms with Gasteiger partial charge in [-0.3, -0.25) is 9.67 Å². The fourth-order valence-electron chi connectivity index (χ4n) is 5.39. The number of aromatic nitrogens is 3. The zero-order chi connectivity index (χ0) is 24.0. The van der Waals surface area contributed by atoms with Crippen LogP contribution in [-0.4, -0.2) is 70.6 Å². The summed E-state index contributed by atoms with van der Waals surface area (Å²) in [6, 6.07) is 9.68. The first-order valence-electron chi connectivity index (χ1n) is 12.2. The highest BCUT2D eigenvalue weighted by Gasteiger charge is 2.46. The number of benzene rings is 1. The quantitative estimate of drug-likeness (QED) is 0.537. The Morgan fingerprint density at radius 2 is 2.06 bits per heavy atom. The standard InChI is InChI=1S/C25H29N7O3/c1-2-26-24(34)31-8-6-25(15-31)7-9-32-22(25)11-21(30-32)16-10-18-19(27-12-16)4-3-5-20(18)29-23(33)28-17-13-35-14-17/h3-5,10-12,17H,2,6-9,13-15H2,1H3,(H,26,34)(H2,28,29,33). The van der Waals surface area contributed by atoms with E-state index in [0.29, 0.717) is 25.4 Å². The molecule has 5 heterocycles. The topological polar surface area (TPSA) is 113 Å². The molecule has 0 saturated carbocycles. The fraction of sp³-hybridized carbons (Fsp3) is 0.440. The van der Waals surface area contributed by atoms with E-state index in [2.05, 4.69) is 31.7 Å². The number of carbonyl (C=O) groups excluding carboxylic acids is 2. The van der Waals surface area contributed by atoms with Crippen LogP contribution >= 0.6 is 0 Å². The molecule has 1 aromatic carbocycles. The average Bonchev–Trinajstić information content (AvgIpc) is 3.53. The number of rotatable bonds is 4. The van der Waals surface area contributed by atoms with E-state index in [4.69, 9.17) is 9.84 Å². The number of amides is 4. The lowest BCUT2D eigenvalue weighted by atomic mass is 9.82. The minimum atomic E-state index is -0.253. The van der Waals surface area contributed by atoms with Crippen molar-refractivity contribution < 1.29 is 14.3 Å². The molecule has 2 fully saturated rings. The Hall–Kier alpha value is -3.66. The molecule has 10 heteroatoms. The van der Waals surface area contributed by atoms with Crippen LogP contribution in [0.3, 0.4) is 0 Å². The summed E-state index contributed by atoms with van der Waals surface area (Å²) < 4.78 is 7.21. The van der Waals surface area contributed by atoms with Crippen LogP contribution in [0.1, 0.15) is 25.5 Å². The number of hydrogen-bond acceptors (Lipinski definition) is 5. The molecule has 1 atom stereocenters. The van der Waals surface area contributed by atoms with Crippen LogP contribution in [0.2, 0.25) is 0 Å². The number of aryl methyl sites for hydroxylation is 1. The Morgan fingerprint density at radius 1 is 1.20 bits per heavy atom. The zero-order valence-corrected chi connectivity index (χ0v) is 19.7. The van der Waals surface area contributed by atoms with Crippen molar-refractivity contribution in [2.75, 3.05) is 38.2 Å². The normalized spacial score (nSPS) is 21.2. The van der Waals surface area contributed by atoms with Crippen LogP contribution in [0.25, 0.3) is 22.2 Å². The Labute approximate surface area is 203 Å². The van der Waals surface area contributed by atoms with E-state index in [-0.39, 0.29) is 23.5 Å². The van der Waals surface area contributed by atoms with E-state index in [9.17, 15) is 9.59 Å². The van der Waals surface area contributed by atoms with Gasteiger partial charge in [-0.1, -0.05) is 6.07 Å². The first kappa shape index (κ1) is 21.8. The Morgan fingerprint density at radius 3 is 2.86 bits per heavy atom. The molecule has 182 valence electrons. The number of urea groups is 2. The summed E-state index contributed by atoms with van der Waals surface area (Å²) >= 11 is 0. The largest absolute Gasteiger partial charge is 0.377 e. The highest BCUT2D eigenvalue weighted by molar-refractivity contribution is 6.01. The SMILES string of the molecule is CCNC(=O)N1CCC2(CCn3nc(-c4cnc5cccc(NC(=O)NC6COC6)c5c4)cc32)C1. The van der Waals surface area contributed by atoms with Gasteiger partial charge in [-0.15, -0.1) is 0 Å². The van der Waals surface area contributed by atoms with E-state index in [1.165, 1.54) is 5.69 Å². The van der Waals surface area contributed by atoms with Crippen molar-refractivity contribution in [1.29, 1.82) is 0 Å². The number of anilines is 1. The molecule has 3 N–H and O–H groups in total. The number of fused-ring (bicyclic) bond motifs is 3. The summed E-state index contributed by atoms with van der Waals surface area (Å²) in [5.41, 5.74) is 4.40. The van der Waals surface area contributed by atoms with Gasteiger partial charge < -0.3 is 25.6 Å². The second kappa shape index (κ2) is 8.53. The molecule has 35 heavy (non-hydrogen) atoms. The van der Waals surface area contributed by atoms with Gasteiger partial charge in [-0.05, 0) is 44.0 Å². The van der Waals surface area contributed by atoms with Crippen LogP contribution in [0.15, 0.2) is 36.5 Å². The summed E-state index contributed by atoms with van der Waals surface area (Å²) in [6.07, 6.45) is 3.77. The maximum absolute atomic E-state index is 12.4. The first-order chi connectivity index (χ1) is 17.0. The van der Waals surface area contributed by atoms with Gasteiger partial charge in [0.25, 0.3) is 0 Å². The van der Waals surface area contributed by atoms with Crippen molar-refractivity contribution >= 4 is 28.7 Å². The van der Waals surface area contributed by atoms with E-state index < -0.39 is 0 Å². The van der Waals surface area contributed by atoms with Crippen molar-refractivity contribution in [2.24, 2.45) is 0 Å². The highest BCUT2D eigenvalue weighted by atomic mass is 16.5. The van der Waals surface area contributed by atoms with Crippen LogP contribution in [0.4, 0.5) is 15.3 Å². The number of carbonyl (C=O) groups is 2. The third-order valence-corrected chi connectivity index (χ3v) is 7.34. The number of ether oxygens (including phenoxy) is 1. The molecule has 10 nitrogen and oxygen atoms in total. The molecular formula is C25H29N7O3. The van der Waals surface area contributed by atoms with Gasteiger partial charge in [0.15, 0.2) is 0 Å². The smallest absolute Gasteiger partial charge is 0.319 e. The second-order valence-electron chi connectivity index (χ2n) is 9.60. The van der Waals surface area contributed by atoms with E-state index >= 15 is 0 Å². The number of hydrogen-bond donors (Lipinski definition) is 3. The Balaban J connectivity index is 1.27. The maximum Gasteiger partial charge on any atom is 0.319 e. The molecule has 4 amide bonds. The zero-order valence-electron chi connectivity index (χ0n) is 19.7. The van der Waals surface area contributed by atoms with Gasteiger partial charge >= 0.3 is 12.1 Å². The van der Waals surface area contributed by atoms with Gasteiger partial charge in [0.2, 0.25) is 0 Å². The monoisotopic (exact) mass is 475 g/mol. The molecule has 2 saturated heterocycles. The molecule has 1 unspecified atom stereocenters. The summed E-state index contributed by atoms with van der Waals surface area (Å²) in [5, 5.41) is 14.5. The molecule has 0 aliphatic carbocycles. The Bertz CT molecular complexity index is 1300. The second-order valence-corrected chi connectivity index (χ2v) is 9.60. The van der Waals surface area contributed by atoms with Gasteiger partial charge in [0, 0.05) is 54.4 Å². The minimum Gasteiger partial charge on any atom is -0.377 e. The third kappa shape index (κ3) is 3.87. The lowest BCUT2D eigenvalue weighted by Gasteiger charge is -2.26. The van der Waals surface area contributed by atoms with Crippen molar-refractivity contribution in [3.05, 3.63) is 42.2 Å². The molecule has 3 aliphatic heterocycles. The fourth-order valence-corrected chi connectivity index (χ4v) is 5.39. The third-order valence-electron chi connectivity index (χ3n) is 7.34. The molecular weight excluding hydrogens is 446 g/mol. The summed E-state index contributed by atoms with van der Waals surface area (Å²) in [5.74, 6) is 0. The maximum atomic E-state index is 12.4. The summed E-state index contributed by atoms with van der Waals surface area (Å²) in [4.78, 5) is 31.4. The van der Waals surface area contributed by atoms with E-state index in [0.717, 1.165) is 54.6 Å². The molecule has 6 rings (SSSR count). The predicted octanol–water partition coefficient (Wildman–Crippen LogP) is 2.70. The molecule has 0 radical (unpaired) electrons. The van der Waals surface area contributed by atoms with Gasteiger partial charge in [-0.25, -0.2) is 9.59 Å². The van der Waals surface area contributed by atoms with Crippen LogP contribution in [-0.2, 0) is 16.7 Å². The van der Waals surface area contributed by atoms with Gasteiger partial charge in [-0.2, -0.15) is 5.10 Å². The number of pyridine rings is 1. The van der Waals surface area contributed by atoms with Crippen molar-refractivity contribution in [2.45, 2.75) is 37.8 Å². The van der Waals surface area contributed by atoms with E-state index in [1.54, 1.807) is 0 Å². The predicted molar refractivity (Wildman–Crippen MR) is 131 cm³/mol.